The van der Waals surface area contributed by atoms with Gasteiger partial charge < -0.3 is 15.0 Å². The van der Waals surface area contributed by atoms with Crippen molar-refractivity contribution in [2.75, 3.05) is 0 Å². The van der Waals surface area contributed by atoms with E-state index in [9.17, 15) is 19.5 Å². The Morgan fingerprint density at radius 3 is 2.73 bits per heavy atom. The van der Waals surface area contributed by atoms with Gasteiger partial charge in [0.15, 0.2) is 0 Å². The zero-order chi connectivity index (χ0) is 15.9. The van der Waals surface area contributed by atoms with Crippen molar-refractivity contribution < 1.29 is 14.7 Å². The molecule has 1 saturated heterocycles. The fourth-order valence-electron chi connectivity index (χ4n) is 3.70. The van der Waals surface area contributed by atoms with Crippen LogP contribution in [0.5, 0.6) is 0 Å². The van der Waals surface area contributed by atoms with E-state index < -0.39 is 12.0 Å². The van der Waals surface area contributed by atoms with Crippen molar-refractivity contribution in [3.8, 4) is 0 Å². The number of rotatable bonds is 2. The Kier molecular flexibility index (Phi) is 4.08. The highest BCUT2D eigenvalue weighted by atomic mass is 79.9. The number of aliphatic carboxylic acids is 1. The van der Waals surface area contributed by atoms with Gasteiger partial charge >= 0.3 is 5.97 Å². The molecule has 118 valence electrons. The van der Waals surface area contributed by atoms with Crippen LogP contribution in [0.15, 0.2) is 21.5 Å². The highest BCUT2D eigenvalue weighted by Gasteiger charge is 2.47. The SMILES string of the molecule is O=C(O)C1CC2CCCCC2N1C(=O)c1c[nH]c(=O)c(Br)c1. The van der Waals surface area contributed by atoms with Crippen LogP contribution in [0.3, 0.4) is 0 Å². The lowest BCUT2D eigenvalue weighted by molar-refractivity contribution is -0.141. The van der Waals surface area contributed by atoms with Crippen molar-refractivity contribution in [1.82, 2.24) is 9.88 Å². The standard InChI is InChI=1S/C15H17BrN2O4/c16-10-5-9(7-17-13(10)19)14(20)18-11-4-2-1-3-8(11)6-12(18)15(21)22/h5,7-8,11-12H,1-4,6H2,(H,17,19)(H,21,22). The molecule has 0 radical (unpaired) electrons. The molecular weight excluding hydrogens is 352 g/mol. The van der Waals surface area contributed by atoms with Crippen LogP contribution in [0.1, 0.15) is 42.5 Å². The molecule has 7 heteroatoms. The van der Waals surface area contributed by atoms with Gasteiger partial charge in [-0.05, 0) is 47.2 Å². The van der Waals surface area contributed by atoms with E-state index in [1.807, 2.05) is 0 Å². The third kappa shape index (κ3) is 2.58. The fourth-order valence-corrected chi connectivity index (χ4v) is 4.06. The number of amides is 1. The third-order valence-electron chi connectivity index (χ3n) is 4.71. The number of nitrogens with zero attached hydrogens (tertiary/aromatic N) is 1. The molecule has 0 spiro atoms. The summed E-state index contributed by atoms with van der Waals surface area (Å²) in [6.45, 7) is 0. The van der Waals surface area contributed by atoms with Gasteiger partial charge in [0.25, 0.3) is 11.5 Å². The molecule has 22 heavy (non-hydrogen) atoms. The smallest absolute Gasteiger partial charge is 0.326 e. The molecule has 3 atom stereocenters. The molecule has 1 aromatic rings. The molecule has 1 amide bonds. The second-order valence-electron chi connectivity index (χ2n) is 5.98. The molecule has 1 aliphatic heterocycles. The van der Waals surface area contributed by atoms with Crippen LogP contribution in [0.25, 0.3) is 0 Å². The second-order valence-corrected chi connectivity index (χ2v) is 6.83. The number of hydrogen-bond donors (Lipinski definition) is 2. The molecule has 1 saturated carbocycles. The maximum atomic E-state index is 12.8. The molecule has 2 N–H and O–H groups in total. The van der Waals surface area contributed by atoms with Gasteiger partial charge in [-0.15, -0.1) is 0 Å². The number of fused-ring (bicyclic) bond motifs is 1. The van der Waals surface area contributed by atoms with Crippen molar-refractivity contribution in [1.29, 1.82) is 0 Å². The highest BCUT2D eigenvalue weighted by Crippen LogP contribution is 2.40. The first-order valence-corrected chi connectivity index (χ1v) is 8.22. The van der Waals surface area contributed by atoms with Gasteiger partial charge in [0, 0.05) is 12.2 Å². The van der Waals surface area contributed by atoms with Gasteiger partial charge in [-0.3, -0.25) is 9.59 Å². The predicted octanol–water partition coefficient (Wildman–Crippen LogP) is 2.00. The average Bonchev–Trinajstić information content (AvgIpc) is 2.89. The summed E-state index contributed by atoms with van der Waals surface area (Å²) < 4.78 is 0.268. The van der Waals surface area contributed by atoms with Gasteiger partial charge in [0.1, 0.15) is 6.04 Å². The van der Waals surface area contributed by atoms with Crippen LogP contribution in [-0.4, -0.2) is 39.0 Å². The summed E-state index contributed by atoms with van der Waals surface area (Å²) >= 11 is 3.11. The fraction of sp³-hybridized carbons (Fsp3) is 0.533. The molecule has 3 unspecified atom stereocenters. The number of carbonyl (C=O) groups is 2. The van der Waals surface area contributed by atoms with Crippen LogP contribution in [0, 0.1) is 5.92 Å². The minimum Gasteiger partial charge on any atom is -0.480 e. The molecule has 0 aromatic carbocycles. The Morgan fingerprint density at radius 1 is 1.32 bits per heavy atom. The lowest BCUT2D eigenvalue weighted by atomic mass is 9.84. The number of H-pyrrole nitrogens is 1. The first-order chi connectivity index (χ1) is 10.5. The Bertz CT molecular complexity index is 672. The zero-order valence-electron chi connectivity index (χ0n) is 11.9. The number of carboxylic acids is 1. The summed E-state index contributed by atoms with van der Waals surface area (Å²) in [5.74, 6) is -1.00. The lowest BCUT2D eigenvalue weighted by Crippen LogP contribution is -2.46. The van der Waals surface area contributed by atoms with Gasteiger partial charge in [-0.2, -0.15) is 0 Å². The number of nitrogens with one attached hydrogen (secondary N) is 1. The van der Waals surface area contributed by atoms with Gasteiger partial charge in [-0.1, -0.05) is 12.8 Å². The summed E-state index contributed by atoms with van der Waals surface area (Å²) in [5.41, 5.74) is -0.00718. The van der Waals surface area contributed by atoms with Crippen molar-refractivity contribution in [3.05, 3.63) is 32.7 Å². The lowest BCUT2D eigenvalue weighted by Gasteiger charge is -2.33. The average molecular weight is 369 g/mol. The highest BCUT2D eigenvalue weighted by molar-refractivity contribution is 9.10. The number of carbonyl (C=O) groups excluding carboxylic acids is 1. The predicted molar refractivity (Wildman–Crippen MR) is 82.7 cm³/mol. The summed E-state index contributed by atoms with van der Waals surface area (Å²) in [6.07, 6.45) is 5.82. The van der Waals surface area contributed by atoms with Crippen molar-refractivity contribution >= 4 is 27.8 Å². The number of aromatic amines is 1. The van der Waals surface area contributed by atoms with E-state index in [0.717, 1.165) is 25.7 Å². The maximum Gasteiger partial charge on any atom is 0.326 e. The summed E-state index contributed by atoms with van der Waals surface area (Å²) in [5, 5.41) is 9.46. The molecule has 0 bridgehead atoms. The minimum absolute atomic E-state index is 0.00643. The van der Waals surface area contributed by atoms with Crippen LogP contribution >= 0.6 is 15.9 Å². The summed E-state index contributed by atoms with van der Waals surface area (Å²) in [4.78, 5) is 39.8. The largest absolute Gasteiger partial charge is 0.480 e. The van der Waals surface area contributed by atoms with Crippen LogP contribution in [0.2, 0.25) is 0 Å². The minimum atomic E-state index is -0.953. The van der Waals surface area contributed by atoms with Crippen LogP contribution < -0.4 is 5.56 Å². The topological polar surface area (TPSA) is 90.5 Å². The van der Waals surface area contributed by atoms with Crippen molar-refractivity contribution in [3.63, 3.8) is 0 Å². The van der Waals surface area contributed by atoms with Gasteiger partial charge in [-0.25, -0.2) is 4.79 Å². The van der Waals surface area contributed by atoms with Crippen LogP contribution in [-0.2, 0) is 4.79 Å². The first-order valence-electron chi connectivity index (χ1n) is 7.42. The molecule has 2 fully saturated rings. The molecular formula is C15H17BrN2O4. The normalized spacial score (nSPS) is 27.5. The van der Waals surface area contributed by atoms with Crippen LogP contribution in [0.4, 0.5) is 0 Å². The number of likely N-dealkylation sites (tertiary alicyclic amines) is 1. The van der Waals surface area contributed by atoms with E-state index in [4.69, 9.17) is 0 Å². The number of halogens is 1. The molecule has 1 aromatic heterocycles. The molecule has 3 rings (SSSR count). The number of aromatic nitrogens is 1. The van der Waals surface area contributed by atoms with E-state index >= 15 is 0 Å². The summed E-state index contributed by atoms with van der Waals surface area (Å²) in [7, 11) is 0. The van der Waals surface area contributed by atoms with E-state index in [1.54, 1.807) is 0 Å². The number of pyridine rings is 1. The third-order valence-corrected chi connectivity index (χ3v) is 5.30. The van der Waals surface area contributed by atoms with E-state index in [-0.39, 0.29) is 27.9 Å². The molecule has 1 aliphatic carbocycles. The van der Waals surface area contributed by atoms with E-state index in [0.29, 0.717) is 12.0 Å². The van der Waals surface area contributed by atoms with Crippen molar-refractivity contribution in [2.45, 2.75) is 44.2 Å². The second kappa shape index (κ2) is 5.87. The molecule has 2 heterocycles. The first kappa shape index (κ1) is 15.3. The molecule has 2 aliphatic rings. The number of carboxylic acid groups (broad SMARTS) is 1. The number of hydrogen-bond acceptors (Lipinski definition) is 3. The Hall–Kier alpha value is -1.63. The summed E-state index contributed by atoms with van der Waals surface area (Å²) in [6, 6.07) is 0.676. The van der Waals surface area contributed by atoms with E-state index in [1.165, 1.54) is 17.2 Å². The van der Waals surface area contributed by atoms with Crippen molar-refractivity contribution in [2.24, 2.45) is 5.92 Å². The Balaban J connectivity index is 1.95. The monoisotopic (exact) mass is 368 g/mol. The maximum absolute atomic E-state index is 12.8. The zero-order valence-corrected chi connectivity index (χ0v) is 13.5. The van der Waals surface area contributed by atoms with Gasteiger partial charge in [0.05, 0.1) is 10.0 Å². The van der Waals surface area contributed by atoms with Gasteiger partial charge in [0.2, 0.25) is 0 Å². The Morgan fingerprint density at radius 2 is 2.05 bits per heavy atom. The Labute approximate surface area is 135 Å². The quantitative estimate of drug-likeness (QED) is 0.834. The van der Waals surface area contributed by atoms with E-state index in [2.05, 4.69) is 20.9 Å². The molecule has 6 nitrogen and oxygen atoms in total.